The molecule has 0 unspecified atom stereocenters. The van der Waals surface area contributed by atoms with E-state index in [0.29, 0.717) is 17.6 Å². The van der Waals surface area contributed by atoms with Crippen LogP contribution in [0.1, 0.15) is 6.42 Å². The summed E-state index contributed by atoms with van der Waals surface area (Å²) in [7, 11) is 0. The van der Waals surface area contributed by atoms with E-state index in [1.807, 2.05) is 0 Å². The second kappa shape index (κ2) is 1.78. The monoisotopic (exact) mass is 278 g/mol. The molecule has 1 saturated carbocycles. The summed E-state index contributed by atoms with van der Waals surface area (Å²) < 4.78 is 6.02. The molecule has 1 nitrogen and oxygen atoms in total. The van der Waals surface area contributed by atoms with Crippen molar-refractivity contribution in [1.82, 2.24) is 0 Å². The summed E-state index contributed by atoms with van der Waals surface area (Å²) in [5.41, 5.74) is 0.381. The summed E-state index contributed by atoms with van der Waals surface area (Å²) in [6.07, 6.45) is 6.36. The Morgan fingerprint density at radius 1 is 1.45 bits per heavy atom. The van der Waals surface area contributed by atoms with E-state index < -0.39 is 0 Å². The molecule has 1 aliphatic carbocycles. The largest absolute Gasteiger partial charge is 0.365 e. The van der Waals surface area contributed by atoms with Gasteiger partial charge in [0.25, 0.3) is 0 Å². The molecule has 2 heterocycles. The molecule has 3 heteroatoms. The minimum Gasteiger partial charge on any atom is -0.365 e. The van der Waals surface area contributed by atoms with E-state index in [1.54, 1.807) is 0 Å². The van der Waals surface area contributed by atoms with Crippen LogP contribution < -0.4 is 0 Å². The van der Waals surface area contributed by atoms with Crippen LogP contribution in [0.25, 0.3) is 0 Å². The smallest absolute Gasteiger partial charge is 0.0925 e. The molecule has 0 spiro atoms. The zero-order valence-corrected chi connectivity index (χ0v) is 9.06. The number of fused-ring (bicyclic) bond motifs is 5. The molecule has 60 valence electrons. The van der Waals surface area contributed by atoms with Crippen LogP contribution in [0.2, 0.25) is 0 Å². The maximum absolute atomic E-state index is 5.74. The molecule has 3 aliphatic rings. The van der Waals surface area contributed by atoms with Crippen LogP contribution >= 0.6 is 31.9 Å². The number of hydrogen-bond acceptors (Lipinski definition) is 1. The topological polar surface area (TPSA) is 9.23 Å². The van der Waals surface area contributed by atoms with Crippen LogP contribution in [-0.2, 0) is 4.74 Å². The highest BCUT2D eigenvalue weighted by molar-refractivity contribution is 9.10. The van der Waals surface area contributed by atoms with Gasteiger partial charge in [-0.25, -0.2) is 0 Å². The van der Waals surface area contributed by atoms with Gasteiger partial charge >= 0.3 is 0 Å². The van der Waals surface area contributed by atoms with Crippen molar-refractivity contribution in [3.05, 3.63) is 12.2 Å². The Hall–Kier alpha value is 0.660. The molecular weight excluding hydrogens is 272 g/mol. The van der Waals surface area contributed by atoms with Crippen molar-refractivity contribution in [3.8, 4) is 0 Å². The lowest BCUT2D eigenvalue weighted by atomic mass is 9.95. The highest BCUT2D eigenvalue weighted by Crippen LogP contribution is 2.74. The van der Waals surface area contributed by atoms with E-state index in [4.69, 9.17) is 4.74 Å². The molecule has 0 aromatic carbocycles. The van der Waals surface area contributed by atoms with Gasteiger partial charge in [0, 0.05) is 10.7 Å². The second-order valence-electron chi connectivity index (χ2n) is 3.69. The summed E-state index contributed by atoms with van der Waals surface area (Å²) in [6, 6.07) is 0. The van der Waals surface area contributed by atoms with Crippen molar-refractivity contribution in [2.45, 2.75) is 23.0 Å². The summed E-state index contributed by atoms with van der Waals surface area (Å²) in [5, 5.41) is 1.05. The fourth-order valence-corrected chi connectivity index (χ4v) is 4.92. The first-order chi connectivity index (χ1) is 5.23. The Morgan fingerprint density at radius 3 is 2.64 bits per heavy atom. The van der Waals surface area contributed by atoms with Gasteiger partial charge in [-0.05, 0) is 6.42 Å². The van der Waals surface area contributed by atoms with Crippen molar-refractivity contribution in [2.75, 3.05) is 5.33 Å². The molecular formula is C8H8Br2O. The molecule has 11 heavy (non-hydrogen) atoms. The third-order valence-electron chi connectivity index (χ3n) is 3.26. The molecule has 2 fully saturated rings. The molecule has 4 atom stereocenters. The molecule has 2 bridgehead atoms. The lowest BCUT2D eigenvalue weighted by Gasteiger charge is -2.16. The maximum atomic E-state index is 5.74. The van der Waals surface area contributed by atoms with Crippen LogP contribution in [0.3, 0.4) is 0 Å². The first kappa shape index (κ1) is 7.10. The third kappa shape index (κ3) is 0.564. The van der Waals surface area contributed by atoms with Gasteiger partial charge < -0.3 is 4.74 Å². The van der Waals surface area contributed by atoms with Gasteiger partial charge in [0.05, 0.1) is 16.5 Å². The van der Waals surface area contributed by atoms with Gasteiger partial charge in [-0.3, -0.25) is 0 Å². The number of halogens is 2. The van der Waals surface area contributed by atoms with E-state index in [9.17, 15) is 0 Å². The molecule has 3 rings (SSSR count). The quantitative estimate of drug-likeness (QED) is 0.528. The Labute approximate surface area is 82.4 Å². The predicted molar refractivity (Wildman–Crippen MR) is 50.3 cm³/mol. The Balaban J connectivity index is 2.08. The van der Waals surface area contributed by atoms with Gasteiger partial charge in [0.1, 0.15) is 0 Å². The van der Waals surface area contributed by atoms with Crippen LogP contribution in [-0.4, -0.2) is 21.9 Å². The van der Waals surface area contributed by atoms with E-state index in [-0.39, 0.29) is 4.32 Å². The standard InChI is InChI=1S/C8H8Br2O/c9-4-7-3-8(7,10)6-2-1-5(7)11-6/h1-2,5-6H,3-4H2/t5-,6+,7+,8-/m0/s1. The normalized spacial score (nSPS) is 63.5. The second-order valence-corrected chi connectivity index (χ2v) is 5.67. The van der Waals surface area contributed by atoms with Gasteiger partial charge in [-0.2, -0.15) is 0 Å². The minimum atomic E-state index is 0.281. The lowest BCUT2D eigenvalue weighted by Crippen LogP contribution is -2.24. The summed E-state index contributed by atoms with van der Waals surface area (Å²) in [6.45, 7) is 0. The number of rotatable bonds is 1. The molecule has 2 aliphatic heterocycles. The Kier molecular flexibility index (Phi) is 1.15. The molecule has 0 aromatic heterocycles. The highest BCUT2D eigenvalue weighted by Gasteiger charge is 2.78. The zero-order valence-electron chi connectivity index (χ0n) is 5.89. The van der Waals surface area contributed by atoms with Crippen LogP contribution in [0.4, 0.5) is 0 Å². The van der Waals surface area contributed by atoms with Gasteiger partial charge in [-0.1, -0.05) is 44.0 Å². The van der Waals surface area contributed by atoms with Gasteiger partial charge in [0.15, 0.2) is 0 Å². The van der Waals surface area contributed by atoms with Crippen LogP contribution in [0, 0.1) is 5.41 Å². The van der Waals surface area contributed by atoms with Crippen LogP contribution in [0.15, 0.2) is 12.2 Å². The van der Waals surface area contributed by atoms with Crippen molar-refractivity contribution in [1.29, 1.82) is 0 Å². The number of hydrogen-bond donors (Lipinski definition) is 0. The maximum Gasteiger partial charge on any atom is 0.0925 e. The molecule has 0 radical (unpaired) electrons. The average Bonchev–Trinajstić information content (AvgIpc) is 2.44. The first-order valence-electron chi connectivity index (χ1n) is 3.82. The average molecular weight is 280 g/mol. The summed E-state index contributed by atoms with van der Waals surface area (Å²) in [5.74, 6) is 0. The highest BCUT2D eigenvalue weighted by atomic mass is 79.9. The fraction of sp³-hybridized carbons (Fsp3) is 0.750. The van der Waals surface area contributed by atoms with E-state index in [1.165, 1.54) is 6.42 Å². The summed E-state index contributed by atoms with van der Waals surface area (Å²) in [4.78, 5) is 0. The lowest BCUT2D eigenvalue weighted by molar-refractivity contribution is 0.0774. The minimum absolute atomic E-state index is 0.281. The number of alkyl halides is 2. The fourth-order valence-electron chi connectivity index (χ4n) is 2.40. The first-order valence-corrected chi connectivity index (χ1v) is 5.73. The van der Waals surface area contributed by atoms with Crippen molar-refractivity contribution < 1.29 is 4.74 Å². The van der Waals surface area contributed by atoms with E-state index in [2.05, 4.69) is 44.0 Å². The van der Waals surface area contributed by atoms with Crippen molar-refractivity contribution >= 4 is 31.9 Å². The third-order valence-corrected chi connectivity index (χ3v) is 5.79. The van der Waals surface area contributed by atoms with E-state index >= 15 is 0 Å². The van der Waals surface area contributed by atoms with Gasteiger partial charge in [0.2, 0.25) is 0 Å². The molecule has 1 saturated heterocycles. The van der Waals surface area contributed by atoms with Crippen LogP contribution in [0.5, 0.6) is 0 Å². The molecule has 0 N–H and O–H groups in total. The van der Waals surface area contributed by atoms with E-state index in [0.717, 1.165) is 5.33 Å². The zero-order chi connectivity index (χ0) is 7.69. The van der Waals surface area contributed by atoms with Crippen molar-refractivity contribution in [3.63, 3.8) is 0 Å². The number of ether oxygens (including phenoxy) is 1. The van der Waals surface area contributed by atoms with Gasteiger partial charge in [-0.15, -0.1) is 0 Å². The molecule has 0 amide bonds. The Bertz CT molecular complexity index is 252. The predicted octanol–water partition coefficient (Wildman–Crippen LogP) is 2.24. The van der Waals surface area contributed by atoms with Crippen molar-refractivity contribution in [2.24, 2.45) is 5.41 Å². The SMILES string of the molecule is BrC[C@@]12C[C@]1(Br)[C@H]1C=C[C@@H]2O1. The molecule has 0 aromatic rings. The Morgan fingerprint density at radius 2 is 2.18 bits per heavy atom. The summed E-state index contributed by atoms with van der Waals surface area (Å²) >= 11 is 7.35.